The molecule has 0 rings (SSSR count). The van der Waals surface area contributed by atoms with E-state index in [1.54, 1.807) is 0 Å². The van der Waals surface area contributed by atoms with Crippen LogP contribution in [0.25, 0.3) is 0 Å². The Morgan fingerprint density at radius 2 is 1.22 bits per heavy atom. The van der Waals surface area contributed by atoms with Gasteiger partial charge in [-0.15, -0.1) is 0 Å². The van der Waals surface area contributed by atoms with E-state index in [1.807, 2.05) is 20.8 Å². The Balaban J connectivity index is 0. The normalized spacial score (nSPS) is 12.3. The Kier molecular flexibility index (Phi) is 13.1. The highest BCUT2D eigenvalue weighted by molar-refractivity contribution is 7.73. The lowest BCUT2D eigenvalue weighted by Crippen LogP contribution is -3.00. The van der Waals surface area contributed by atoms with Crippen molar-refractivity contribution >= 4 is 16.1 Å². The van der Waals surface area contributed by atoms with Gasteiger partial charge >= 0.3 is 8.80 Å². The van der Waals surface area contributed by atoms with Gasteiger partial charge in [0.1, 0.15) is 0 Å². The lowest BCUT2D eigenvalue weighted by molar-refractivity contribution is -0.0000154. The summed E-state index contributed by atoms with van der Waals surface area (Å²) in [5.74, 6) is 0. The van der Waals surface area contributed by atoms with Gasteiger partial charge in [0.25, 0.3) is 0 Å². The van der Waals surface area contributed by atoms with Gasteiger partial charge in [-0.2, -0.15) is 0 Å². The summed E-state index contributed by atoms with van der Waals surface area (Å²) in [6.07, 6.45) is 2.44. The maximum atomic E-state index is 5.83. The van der Waals surface area contributed by atoms with Crippen LogP contribution in [0, 0.1) is 0 Å². The molecule has 0 amide bonds. The summed E-state index contributed by atoms with van der Waals surface area (Å²) in [5.41, 5.74) is 0. The van der Waals surface area contributed by atoms with Crippen molar-refractivity contribution in [3.63, 3.8) is 0 Å². The lowest BCUT2D eigenvalue weighted by atomic mass is 10.6. The predicted octanol–water partition coefficient (Wildman–Crippen LogP) is 0.336. The quantitative estimate of drug-likeness (QED) is 0.297. The van der Waals surface area contributed by atoms with Gasteiger partial charge < -0.3 is 37.3 Å². The van der Waals surface area contributed by atoms with Crippen LogP contribution in [0.4, 0.5) is 0 Å². The molecule has 0 aliphatic heterocycles. The van der Waals surface area contributed by atoms with E-state index >= 15 is 0 Å². The minimum atomic E-state index is -2.38. The van der Waals surface area contributed by atoms with Gasteiger partial charge in [0.05, 0.1) is 6.16 Å². The highest BCUT2D eigenvalue weighted by Crippen LogP contribution is 2.47. The van der Waals surface area contributed by atoms with Crippen LogP contribution in [0.15, 0.2) is 0 Å². The molecular formula is C12H30IO3PSi. The summed E-state index contributed by atoms with van der Waals surface area (Å²) in [5, 5.41) is 0. The van der Waals surface area contributed by atoms with E-state index in [0.717, 1.165) is 12.5 Å². The first-order valence-corrected chi connectivity index (χ1v) is 11.9. The van der Waals surface area contributed by atoms with Gasteiger partial charge in [-0.3, -0.25) is 0 Å². The standard InChI is InChI=1S/C12H30O3PSi.HI/c1-7-13-17(14-8-2,15-9-3)12-10-11-16(4,5)6;/h7-12H2,1-6H3;1H/q+1;/p-1. The van der Waals surface area contributed by atoms with Crippen LogP contribution in [-0.4, -0.2) is 54.8 Å². The zero-order chi connectivity index (χ0) is 13.4. The lowest BCUT2D eigenvalue weighted by Gasteiger charge is -2.28. The second-order valence-corrected chi connectivity index (χ2v) is 12.9. The molecule has 0 spiro atoms. The molecule has 0 radical (unpaired) electrons. The van der Waals surface area contributed by atoms with Crippen molar-refractivity contribution in [3.05, 3.63) is 0 Å². The Bertz CT molecular complexity index is 183. The summed E-state index contributed by atoms with van der Waals surface area (Å²) < 4.78 is 17.5. The van der Waals surface area contributed by atoms with E-state index in [4.69, 9.17) is 13.3 Å². The van der Waals surface area contributed by atoms with Crippen molar-refractivity contribution in [1.82, 2.24) is 0 Å². The molecule has 0 unspecified atom stereocenters. The molecule has 0 saturated heterocycles. The smallest absolute Gasteiger partial charge is 0.501 e. The highest BCUT2D eigenvalue weighted by Gasteiger charge is 2.40. The highest BCUT2D eigenvalue weighted by atomic mass is 127. The van der Waals surface area contributed by atoms with Gasteiger partial charge in [-0.1, -0.05) is 0 Å². The van der Waals surface area contributed by atoms with E-state index in [2.05, 4.69) is 20.0 Å². The fraction of sp³-hybridized carbons (Fsp3) is 1.00. The third-order valence-corrected chi connectivity index (χ3v) is 7.21. The van der Waals surface area contributed by atoms with Gasteiger partial charge in [0.2, 0.25) is 0 Å². The van der Waals surface area contributed by atoms with Gasteiger partial charge in [-0.25, -0.2) is 0 Å². The third kappa shape index (κ3) is 10.1. The zero-order valence-electron chi connectivity index (χ0n) is 12.8. The summed E-state index contributed by atoms with van der Waals surface area (Å²) >= 11 is 0. The van der Waals surface area contributed by atoms with E-state index in [1.165, 1.54) is 6.16 Å². The fourth-order valence-electron chi connectivity index (χ4n) is 1.77. The molecule has 6 heteroatoms. The van der Waals surface area contributed by atoms with Crippen LogP contribution in [0.2, 0.25) is 6.04 Å². The monoisotopic (exact) mass is 408 g/mol. The summed E-state index contributed by atoms with van der Waals surface area (Å²) in [7, 11) is -3.08. The Hall–Kier alpha value is 1.26. The topological polar surface area (TPSA) is 27.7 Å². The molecule has 0 atom stereocenters. The summed E-state index contributed by atoms with van der Waals surface area (Å²) in [6.45, 7) is 15.2. The molecule has 112 valence electrons. The number of rotatable bonds is 10. The van der Waals surface area contributed by atoms with Gasteiger partial charge in [-0.05, 0) is 27.2 Å². The molecule has 0 fully saturated rings. The largest absolute Gasteiger partial charge is 1.00 e. The van der Waals surface area contributed by atoms with Crippen LogP contribution < -0.4 is 24.0 Å². The van der Waals surface area contributed by atoms with Crippen LogP contribution in [0.3, 0.4) is 0 Å². The van der Waals surface area contributed by atoms with E-state index in [-0.39, 0.29) is 24.0 Å². The molecule has 3 nitrogen and oxygen atoms in total. The molecule has 0 heterocycles. The van der Waals surface area contributed by atoms with E-state index in [9.17, 15) is 0 Å². The molecule has 0 aromatic heterocycles. The SMILES string of the molecule is CCO[Si](CCC[P+](C)(C)C)(OCC)OCC.[I-]. The average molecular weight is 408 g/mol. The second-order valence-electron chi connectivity index (χ2n) is 5.10. The van der Waals surface area contributed by atoms with Crippen molar-refractivity contribution in [2.45, 2.75) is 33.2 Å². The van der Waals surface area contributed by atoms with Crippen molar-refractivity contribution < 1.29 is 37.3 Å². The van der Waals surface area contributed by atoms with Crippen LogP contribution in [0.1, 0.15) is 27.2 Å². The molecule has 18 heavy (non-hydrogen) atoms. The zero-order valence-corrected chi connectivity index (χ0v) is 16.8. The molecule has 0 aliphatic rings. The van der Waals surface area contributed by atoms with Crippen molar-refractivity contribution in [3.8, 4) is 0 Å². The fourth-order valence-corrected chi connectivity index (χ4v) is 5.79. The van der Waals surface area contributed by atoms with Crippen molar-refractivity contribution in [1.29, 1.82) is 0 Å². The van der Waals surface area contributed by atoms with Gasteiger partial charge in [0, 0.05) is 53.1 Å². The predicted molar refractivity (Wildman–Crippen MR) is 79.6 cm³/mol. The molecule has 0 N–H and O–H groups in total. The third-order valence-electron chi connectivity index (χ3n) is 2.40. The maximum Gasteiger partial charge on any atom is 0.501 e. The van der Waals surface area contributed by atoms with Crippen LogP contribution >= 0.6 is 7.26 Å². The molecule has 0 aromatic carbocycles. The first-order chi connectivity index (χ1) is 7.89. The summed E-state index contributed by atoms with van der Waals surface area (Å²) in [4.78, 5) is 0. The van der Waals surface area contributed by atoms with E-state index in [0.29, 0.717) is 19.8 Å². The molecule has 0 aliphatic carbocycles. The number of hydrogen-bond acceptors (Lipinski definition) is 3. The first kappa shape index (κ1) is 21.6. The number of hydrogen-bond donors (Lipinski definition) is 0. The molecule has 0 aromatic rings. The first-order valence-electron chi connectivity index (χ1n) is 6.61. The maximum absolute atomic E-state index is 5.83. The second kappa shape index (κ2) is 11.0. The molecule has 0 saturated carbocycles. The Morgan fingerprint density at radius 3 is 1.50 bits per heavy atom. The van der Waals surface area contributed by atoms with Crippen LogP contribution in [0.5, 0.6) is 0 Å². The minimum absolute atomic E-state index is 0. The van der Waals surface area contributed by atoms with E-state index < -0.39 is 16.1 Å². The Morgan fingerprint density at radius 1 is 0.833 bits per heavy atom. The molecule has 0 bridgehead atoms. The Labute approximate surface area is 132 Å². The average Bonchev–Trinajstić information content (AvgIpc) is 2.16. The van der Waals surface area contributed by atoms with Crippen molar-refractivity contribution in [2.75, 3.05) is 46.0 Å². The van der Waals surface area contributed by atoms with Crippen LogP contribution in [-0.2, 0) is 13.3 Å². The minimum Gasteiger partial charge on any atom is -1.00 e. The van der Waals surface area contributed by atoms with Crippen molar-refractivity contribution in [2.24, 2.45) is 0 Å². The molecular weight excluding hydrogens is 378 g/mol. The summed E-state index contributed by atoms with van der Waals surface area (Å²) in [6, 6.07) is 0.958. The van der Waals surface area contributed by atoms with Gasteiger partial charge in [0.15, 0.2) is 0 Å². The number of halogens is 1.